The minimum absolute atomic E-state index is 0.0516. The number of nitrogens with one attached hydrogen (secondary N) is 1. The number of hydrogen-bond donors (Lipinski definition) is 2. The Labute approximate surface area is 131 Å². The van der Waals surface area contributed by atoms with Crippen molar-refractivity contribution in [3.05, 3.63) is 23.2 Å². The van der Waals surface area contributed by atoms with Crippen LogP contribution < -0.4 is 11.1 Å². The van der Waals surface area contributed by atoms with E-state index in [1.165, 1.54) is 6.42 Å². The summed E-state index contributed by atoms with van der Waals surface area (Å²) in [5.41, 5.74) is 6.82. The Morgan fingerprint density at radius 3 is 2.67 bits per heavy atom. The SMILES string of the molecule is CC1CC(C)CC(OCC(=O)Nc2cc(Cl)ccc2N)C1. The molecule has 0 bridgehead atoms. The molecule has 21 heavy (non-hydrogen) atoms. The molecule has 1 fully saturated rings. The molecule has 2 rings (SSSR count). The van der Waals surface area contributed by atoms with Crippen LogP contribution in [-0.4, -0.2) is 18.6 Å². The van der Waals surface area contributed by atoms with Gasteiger partial charge < -0.3 is 15.8 Å². The first kappa shape index (κ1) is 16.1. The molecule has 1 aliphatic rings. The Morgan fingerprint density at radius 2 is 2.00 bits per heavy atom. The molecular formula is C16H23ClN2O2. The summed E-state index contributed by atoms with van der Waals surface area (Å²) in [6, 6.07) is 5.00. The first-order valence-corrected chi connectivity index (χ1v) is 7.78. The highest BCUT2D eigenvalue weighted by Crippen LogP contribution is 2.30. The molecule has 3 N–H and O–H groups in total. The molecular weight excluding hydrogens is 288 g/mol. The van der Waals surface area contributed by atoms with Gasteiger partial charge in [0.1, 0.15) is 6.61 Å². The van der Waals surface area contributed by atoms with E-state index >= 15 is 0 Å². The lowest BCUT2D eigenvalue weighted by atomic mass is 9.82. The average Bonchev–Trinajstić information content (AvgIpc) is 2.40. The van der Waals surface area contributed by atoms with Gasteiger partial charge in [0, 0.05) is 5.02 Å². The van der Waals surface area contributed by atoms with E-state index in [-0.39, 0.29) is 18.6 Å². The van der Waals surface area contributed by atoms with Crippen molar-refractivity contribution >= 4 is 28.9 Å². The van der Waals surface area contributed by atoms with Gasteiger partial charge in [0.2, 0.25) is 5.91 Å². The molecule has 0 saturated heterocycles. The van der Waals surface area contributed by atoms with Crippen molar-refractivity contribution in [1.82, 2.24) is 0 Å². The Bertz CT molecular complexity index is 497. The Balaban J connectivity index is 1.83. The number of anilines is 2. The number of ether oxygens (including phenoxy) is 1. The molecule has 1 aliphatic carbocycles. The lowest BCUT2D eigenvalue weighted by Crippen LogP contribution is -2.29. The van der Waals surface area contributed by atoms with E-state index in [4.69, 9.17) is 22.1 Å². The fourth-order valence-electron chi connectivity index (χ4n) is 3.03. The zero-order chi connectivity index (χ0) is 15.4. The zero-order valence-corrected chi connectivity index (χ0v) is 13.3. The maximum absolute atomic E-state index is 11.9. The molecule has 2 atom stereocenters. The molecule has 0 aromatic heterocycles. The van der Waals surface area contributed by atoms with Crippen LogP contribution in [0.15, 0.2) is 18.2 Å². The van der Waals surface area contributed by atoms with Crippen LogP contribution in [0.5, 0.6) is 0 Å². The minimum Gasteiger partial charge on any atom is -0.397 e. The van der Waals surface area contributed by atoms with Gasteiger partial charge in [-0.2, -0.15) is 0 Å². The molecule has 0 aliphatic heterocycles. The fraction of sp³-hybridized carbons (Fsp3) is 0.562. The number of rotatable bonds is 4. The van der Waals surface area contributed by atoms with E-state index in [9.17, 15) is 4.79 Å². The van der Waals surface area contributed by atoms with Gasteiger partial charge in [-0.1, -0.05) is 25.4 Å². The largest absolute Gasteiger partial charge is 0.397 e. The van der Waals surface area contributed by atoms with Crippen LogP contribution in [0.2, 0.25) is 5.02 Å². The van der Waals surface area contributed by atoms with Gasteiger partial charge in [-0.3, -0.25) is 4.79 Å². The Morgan fingerprint density at radius 1 is 1.33 bits per heavy atom. The van der Waals surface area contributed by atoms with Gasteiger partial charge in [-0.15, -0.1) is 0 Å². The molecule has 5 heteroatoms. The van der Waals surface area contributed by atoms with E-state index in [0.717, 1.165) is 12.8 Å². The predicted molar refractivity (Wildman–Crippen MR) is 86.4 cm³/mol. The van der Waals surface area contributed by atoms with Crippen molar-refractivity contribution in [3.8, 4) is 0 Å². The maximum atomic E-state index is 11.9. The first-order chi connectivity index (χ1) is 9.94. The van der Waals surface area contributed by atoms with Crippen LogP contribution in [0.3, 0.4) is 0 Å². The van der Waals surface area contributed by atoms with Crippen LogP contribution in [0.1, 0.15) is 33.1 Å². The van der Waals surface area contributed by atoms with Crippen LogP contribution in [-0.2, 0) is 9.53 Å². The third kappa shape index (κ3) is 4.90. The normalized spacial score (nSPS) is 25.6. The Kier molecular flexibility index (Phi) is 5.48. The summed E-state index contributed by atoms with van der Waals surface area (Å²) in [5, 5.41) is 3.28. The van der Waals surface area contributed by atoms with E-state index in [1.54, 1.807) is 18.2 Å². The lowest BCUT2D eigenvalue weighted by molar-refractivity contribution is -0.124. The number of benzene rings is 1. The highest BCUT2D eigenvalue weighted by molar-refractivity contribution is 6.31. The van der Waals surface area contributed by atoms with E-state index in [0.29, 0.717) is 28.2 Å². The molecule has 1 saturated carbocycles. The standard InChI is InChI=1S/C16H23ClN2O2/c1-10-5-11(2)7-13(6-10)21-9-16(20)19-15-8-12(17)3-4-14(15)18/h3-4,8,10-11,13H,5-7,9,18H2,1-2H3,(H,19,20). The van der Waals surface area contributed by atoms with Gasteiger partial charge in [-0.05, 0) is 49.3 Å². The third-order valence-corrected chi connectivity index (χ3v) is 4.11. The molecule has 1 amide bonds. The first-order valence-electron chi connectivity index (χ1n) is 7.40. The molecule has 0 heterocycles. The molecule has 0 spiro atoms. The Hall–Kier alpha value is -1.26. The van der Waals surface area contributed by atoms with Crippen LogP contribution in [0, 0.1) is 11.8 Å². The molecule has 2 unspecified atom stereocenters. The van der Waals surface area contributed by atoms with Crippen molar-refractivity contribution in [1.29, 1.82) is 0 Å². The van der Waals surface area contributed by atoms with Crippen LogP contribution in [0.25, 0.3) is 0 Å². The van der Waals surface area contributed by atoms with E-state index < -0.39 is 0 Å². The summed E-state index contributed by atoms with van der Waals surface area (Å²) in [4.78, 5) is 11.9. The van der Waals surface area contributed by atoms with Crippen molar-refractivity contribution in [2.75, 3.05) is 17.7 Å². The van der Waals surface area contributed by atoms with Crippen molar-refractivity contribution in [3.63, 3.8) is 0 Å². The van der Waals surface area contributed by atoms with Crippen LogP contribution >= 0.6 is 11.6 Å². The second kappa shape index (κ2) is 7.14. The third-order valence-electron chi connectivity index (χ3n) is 3.87. The van der Waals surface area contributed by atoms with Gasteiger partial charge in [0.25, 0.3) is 0 Å². The topological polar surface area (TPSA) is 64.3 Å². The number of amides is 1. The number of hydrogen-bond acceptors (Lipinski definition) is 3. The predicted octanol–water partition coefficient (Wildman–Crippen LogP) is 3.70. The molecule has 1 aromatic rings. The second-order valence-electron chi connectivity index (χ2n) is 6.13. The number of carbonyl (C=O) groups is 1. The zero-order valence-electron chi connectivity index (χ0n) is 12.6. The minimum atomic E-state index is -0.199. The fourth-order valence-corrected chi connectivity index (χ4v) is 3.20. The van der Waals surface area contributed by atoms with Gasteiger partial charge in [0.05, 0.1) is 17.5 Å². The maximum Gasteiger partial charge on any atom is 0.250 e. The summed E-state index contributed by atoms with van der Waals surface area (Å²) in [6.45, 7) is 4.52. The number of carbonyl (C=O) groups excluding carboxylic acids is 1. The molecule has 0 radical (unpaired) electrons. The summed E-state index contributed by atoms with van der Waals surface area (Å²) in [5.74, 6) is 1.12. The van der Waals surface area contributed by atoms with Crippen molar-refractivity contribution in [2.45, 2.75) is 39.2 Å². The van der Waals surface area contributed by atoms with Crippen molar-refractivity contribution < 1.29 is 9.53 Å². The summed E-state index contributed by atoms with van der Waals surface area (Å²) < 4.78 is 5.74. The lowest BCUT2D eigenvalue weighted by Gasteiger charge is -2.31. The smallest absolute Gasteiger partial charge is 0.250 e. The monoisotopic (exact) mass is 310 g/mol. The van der Waals surface area contributed by atoms with E-state index in [2.05, 4.69) is 19.2 Å². The number of halogens is 1. The van der Waals surface area contributed by atoms with Gasteiger partial charge in [0.15, 0.2) is 0 Å². The quantitative estimate of drug-likeness (QED) is 0.833. The van der Waals surface area contributed by atoms with Crippen molar-refractivity contribution in [2.24, 2.45) is 11.8 Å². The van der Waals surface area contributed by atoms with E-state index in [1.807, 2.05) is 0 Å². The van der Waals surface area contributed by atoms with Crippen LogP contribution in [0.4, 0.5) is 11.4 Å². The summed E-state index contributed by atoms with van der Waals surface area (Å²) in [7, 11) is 0. The van der Waals surface area contributed by atoms with Gasteiger partial charge in [-0.25, -0.2) is 0 Å². The molecule has 116 valence electrons. The second-order valence-corrected chi connectivity index (χ2v) is 6.57. The highest BCUT2D eigenvalue weighted by Gasteiger charge is 2.24. The summed E-state index contributed by atoms with van der Waals surface area (Å²) in [6.07, 6.45) is 3.46. The summed E-state index contributed by atoms with van der Waals surface area (Å²) >= 11 is 5.89. The molecule has 4 nitrogen and oxygen atoms in total. The van der Waals surface area contributed by atoms with Gasteiger partial charge >= 0.3 is 0 Å². The number of nitrogens with two attached hydrogens (primary N) is 1. The highest BCUT2D eigenvalue weighted by atomic mass is 35.5. The average molecular weight is 311 g/mol. The number of nitrogen functional groups attached to an aromatic ring is 1. The molecule has 1 aromatic carbocycles.